The Morgan fingerprint density at radius 2 is 1.94 bits per heavy atom. The summed E-state index contributed by atoms with van der Waals surface area (Å²) in [4.78, 5) is 10.9. The van der Waals surface area contributed by atoms with Crippen molar-refractivity contribution in [1.29, 1.82) is 0 Å². The van der Waals surface area contributed by atoms with Crippen molar-refractivity contribution in [2.75, 3.05) is 0 Å². The van der Waals surface area contributed by atoms with Crippen LogP contribution < -0.4 is 0 Å². The molecule has 0 radical (unpaired) electrons. The topological polar surface area (TPSA) is 47.8 Å². The number of rotatable bonds is 3. The van der Waals surface area contributed by atoms with E-state index in [0.717, 1.165) is 17.7 Å². The molecule has 0 aliphatic heterocycles. The fourth-order valence-electron chi connectivity index (χ4n) is 1.70. The zero-order valence-corrected chi connectivity index (χ0v) is 10.3. The van der Waals surface area contributed by atoms with Gasteiger partial charge in [0.2, 0.25) is 0 Å². The average molecular weight is 250 g/mol. The summed E-state index contributed by atoms with van der Waals surface area (Å²) in [6, 6.07) is 7.25. The quantitative estimate of drug-likeness (QED) is 0.786. The molecule has 17 heavy (non-hydrogen) atoms. The van der Waals surface area contributed by atoms with Gasteiger partial charge in [-0.1, -0.05) is 30.7 Å². The fraction of sp³-hybridized carbons (Fsp3) is 0.250. The number of benzene rings is 1. The summed E-state index contributed by atoms with van der Waals surface area (Å²) in [6.07, 6.45) is 0.731. The standard InChI is InChI=1S/C12H12ClN3O/c1-8(2)12-11(7-17)14-15-16(12)10-5-3-9(13)4-6-10/h3-8H,1-2H3. The number of carbonyl (C=O) groups is 1. The first-order valence-corrected chi connectivity index (χ1v) is 5.68. The van der Waals surface area contributed by atoms with Gasteiger partial charge in [0.25, 0.3) is 0 Å². The molecule has 0 bridgehead atoms. The van der Waals surface area contributed by atoms with Crippen LogP contribution in [-0.4, -0.2) is 21.3 Å². The van der Waals surface area contributed by atoms with Gasteiger partial charge in [-0.15, -0.1) is 5.10 Å². The van der Waals surface area contributed by atoms with E-state index in [0.29, 0.717) is 10.7 Å². The van der Waals surface area contributed by atoms with Crippen molar-refractivity contribution in [3.05, 3.63) is 40.7 Å². The van der Waals surface area contributed by atoms with Gasteiger partial charge in [-0.25, -0.2) is 4.68 Å². The summed E-state index contributed by atoms with van der Waals surface area (Å²) < 4.78 is 1.67. The van der Waals surface area contributed by atoms with Gasteiger partial charge in [0.05, 0.1) is 11.4 Å². The third kappa shape index (κ3) is 2.22. The highest BCUT2D eigenvalue weighted by molar-refractivity contribution is 6.30. The highest BCUT2D eigenvalue weighted by Crippen LogP contribution is 2.21. The van der Waals surface area contributed by atoms with Crippen molar-refractivity contribution >= 4 is 17.9 Å². The van der Waals surface area contributed by atoms with Crippen LogP contribution in [0.25, 0.3) is 5.69 Å². The fourth-order valence-corrected chi connectivity index (χ4v) is 1.82. The first kappa shape index (κ1) is 11.8. The lowest BCUT2D eigenvalue weighted by molar-refractivity contribution is 0.111. The molecule has 1 heterocycles. The molecule has 2 aromatic rings. The molecule has 0 aliphatic rings. The van der Waals surface area contributed by atoms with Crippen LogP contribution in [0.4, 0.5) is 0 Å². The van der Waals surface area contributed by atoms with Crippen LogP contribution in [-0.2, 0) is 0 Å². The molecule has 0 N–H and O–H groups in total. The van der Waals surface area contributed by atoms with Gasteiger partial charge in [-0.05, 0) is 30.2 Å². The number of carbonyl (C=O) groups excluding carboxylic acids is 1. The Balaban J connectivity index is 2.55. The highest BCUT2D eigenvalue weighted by atomic mass is 35.5. The third-order valence-electron chi connectivity index (χ3n) is 2.46. The Bertz CT molecular complexity index is 531. The van der Waals surface area contributed by atoms with E-state index < -0.39 is 0 Å². The van der Waals surface area contributed by atoms with Crippen molar-refractivity contribution in [3.63, 3.8) is 0 Å². The summed E-state index contributed by atoms with van der Waals surface area (Å²) in [7, 11) is 0. The van der Waals surface area contributed by atoms with Crippen molar-refractivity contribution in [1.82, 2.24) is 15.0 Å². The molecule has 0 fully saturated rings. The maximum atomic E-state index is 10.9. The van der Waals surface area contributed by atoms with Crippen LogP contribution in [0.3, 0.4) is 0 Å². The van der Waals surface area contributed by atoms with Gasteiger partial charge >= 0.3 is 0 Å². The van der Waals surface area contributed by atoms with Gasteiger partial charge in [0.1, 0.15) is 5.69 Å². The summed E-state index contributed by atoms with van der Waals surface area (Å²) in [6.45, 7) is 4.00. The molecule has 0 atom stereocenters. The van der Waals surface area contributed by atoms with Crippen LogP contribution in [0.5, 0.6) is 0 Å². The van der Waals surface area contributed by atoms with E-state index in [1.165, 1.54) is 0 Å². The predicted molar refractivity (Wildman–Crippen MR) is 65.8 cm³/mol. The number of aldehydes is 1. The number of halogens is 1. The molecule has 0 spiro atoms. The first-order valence-electron chi connectivity index (χ1n) is 5.30. The smallest absolute Gasteiger partial charge is 0.172 e. The summed E-state index contributed by atoms with van der Waals surface area (Å²) in [5, 5.41) is 8.53. The minimum atomic E-state index is 0.167. The molecule has 0 saturated carbocycles. The van der Waals surface area contributed by atoms with E-state index in [1.807, 2.05) is 26.0 Å². The lowest BCUT2D eigenvalue weighted by Gasteiger charge is -2.09. The van der Waals surface area contributed by atoms with Gasteiger partial charge in [0, 0.05) is 5.02 Å². The Morgan fingerprint density at radius 1 is 1.29 bits per heavy atom. The minimum absolute atomic E-state index is 0.167. The first-order chi connectivity index (χ1) is 8.13. The number of nitrogens with zero attached hydrogens (tertiary/aromatic N) is 3. The zero-order valence-electron chi connectivity index (χ0n) is 9.59. The van der Waals surface area contributed by atoms with E-state index in [-0.39, 0.29) is 5.92 Å². The van der Waals surface area contributed by atoms with Crippen LogP contribution in [0.1, 0.15) is 35.9 Å². The van der Waals surface area contributed by atoms with Gasteiger partial charge in [-0.3, -0.25) is 4.79 Å². The van der Waals surface area contributed by atoms with Gasteiger partial charge < -0.3 is 0 Å². The summed E-state index contributed by atoms with van der Waals surface area (Å²) in [5.74, 6) is 0.167. The SMILES string of the molecule is CC(C)c1c(C=O)nnn1-c1ccc(Cl)cc1. The Labute approximate surface area is 104 Å². The van der Waals surface area contributed by atoms with Crippen molar-refractivity contribution in [2.24, 2.45) is 0 Å². The molecule has 1 aromatic heterocycles. The van der Waals surface area contributed by atoms with Gasteiger partial charge in [-0.2, -0.15) is 0 Å². The van der Waals surface area contributed by atoms with E-state index in [4.69, 9.17) is 11.6 Å². The molecular formula is C12H12ClN3O. The number of hydrogen-bond acceptors (Lipinski definition) is 3. The van der Waals surface area contributed by atoms with Crippen molar-refractivity contribution < 1.29 is 4.79 Å². The molecule has 0 amide bonds. The normalized spacial score (nSPS) is 10.8. The molecule has 88 valence electrons. The van der Waals surface area contributed by atoms with Crippen LogP contribution >= 0.6 is 11.6 Å². The Morgan fingerprint density at radius 3 is 2.47 bits per heavy atom. The van der Waals surface area contributed by atoms with E-state index >= 15 is 0 Å². The van der Waals surface area contributed by atoms with Crippen molar-refractivity contribution in [3.8, 4) is 5.69 Å². The minimum Gasteiger partial charge on any atom is -0.296 e. The van der Waals surface area contributed by atoms with E-state index in [9.17, 15) is 4.79 Å². The lowest BCUT2D eigenvalue weighted by Crippen LogP contribution is -2.05. The molecule has 4 nitrogen and oxygen atoms in total. The molecule has 0 saturated heterocycles. The second kappa shape index (κ2) is 4.67. The summed E-state index contributed by atoms with van der Waals surface area (Å²) in [5.41, 5.74) is 2.04. The maximum absolute atomic E-state index is 10.9. The molecule has 1 aromatic carbocycles. The highest BCUT2D eigenvalue weighted by Gasteiger charge is 2.16. The van der Waals surface area contributed by atoms with E-state index in [1.54, 1.807) is 16.8 Å². The molecule has 0 unspecified atom stereocenters. The summed E-state index contributed by atoms with van der Waals surface area (Å²) >= 11 is 5.83. The second-order valence-corrected chi connectivity index (χ2v) is 4.46. The van der Waals surface area contributed by atoms with E-state index in [2.05, 4.69) is 10.3 Å². The largest absolute Gasteiger partial charge is 0.296 e. The number of hydrogen-bond donors (Lipinski definition) is 0. The zero-order chi connectivity index (χ0) is 12.4. The Kier molecular flexibility index (Phi) is 3.24. The van der Waals surface area contributed by atoms with Gasteiger partial charge in [0.15, 0.2) is 6.29 Å². The maximum Gasteiger partial charge on any atom is 0.172 e. The lowest BCUT2D eigenvalue weighted by atomic mass is 10.1. The number of aromatic nitrogens is 3. The van der Waals surface area contributed by atoms with Crippen LogP contribution in [0.15, 0.2) is 24.3 Å². The van der Waals surface area contributed by atoms with Crippen LogP contribution in [0.2, 0.25) is 5.02 Å². The average Bonchev–Trinajstić information content (AvgIpc) is 2.73. The van der Waals surface area contributed by atoms with Crippen LogP contribution in [0, 0.1) is 0 Å². The third-order valence-corrected chi connectivity index (χ3v) is 2.71. The van der Waals surface area contributed by atoms with Crippen molar-refractivity contribution in [2.45, 2.75) is 19.8 Å². The molecule has 0 aliphatic carbocycles. The molecule has 5 heteroatoms. The monoisotopic (exact) mass is 249 g/mol. The molecule has 2 rings (SSSR count). The molecular weight excluding hydrogens is 238 g/mol. The predicted octanol–water partition coefficient (Wildman–Crippen LogP) is 2.86. The Hall–Kier alpha value is -1.68. The second-order valence-electron chi connectivity index (χ2n) is 4.02.